The zero-order chi connectivity index (χ0) is 4.85. The Kier molecular flexibility index (Phi) is 0.669. The van der Waals surface area contributed by atoms with Gasteiger partial charge < -0.3 is 0 Å². The summed E-state index contributed by atoms with van der Waals surface area (Å²) in [4.78, 5) is 0. The molecule has 2 unspecified atom stereocenters. The maximum atomic E-state index is 2.50. The van der Waals surface area contributed by atoms with Gasteiger partial charge in [-0.15, -0.1) is 0 Å². The van der Waals surface area contributed by atoms with Crippen LogP contribution >= 0.6 is 0 Å². The van der Waals surface area contributed by atoms with Crippen molar-refractivity contribution in [1.29, 1.82) is 0 Å². The molecule has 0 amide bonds. The van der Waals surface area contributed by atoms with Crippen molar-refractivity contribution in [2.45, 2.75) is 36.9 Å². The van der Waals surface area contributed by atoms with E-state index in [-0.39, 0.29) is 0 Å². The van der Waals surface area contributed by atoms with Crippen molar-refractivity contribution in [3.63, 3.8) is 0 Å². The first-order valence-electron chi connectivity index (χ1n) is 3.23. The molecule has 1 saturated carbocycles. The highest BCUT2D eigenvalue weighted by Crippen LogP contribution is 2.61. The van der Waals surface area contributed by atoms with E-state index in [2.05, 4.69) is 6.55 Å². The first-order chi connectivity index (χ1) is 3.39. The maximum Gasteiger partial charge on any atom is 0.0512 e. The van der Waals surface area contributed by atoms with Crippen LogP contribution in [0.2, 0.25) is 17.6 Å². The molecule has 1 heterocycles. The van der Waals surface area contributed by atoms with Gasteiger partial charge in [-0.2, -0.15) is 0 Å². The van der Waals surface area contributed by atoms with Crippen LogP contribution in [-0.4, -0.2) is 8.80 Å². The minimum Gasteiger partial charge on any atom is -0.0707 e. The fraction of sp³-hybridized carbons (Fsp3) is 1.00. The lowest BCUT2D eigenvalue weighted by molar-refractivity contribution is 0.863. The summed E-state index contributed by atoms with van der Waals surface area (Å²) in [5, 5.41) is 0. The van der Waals surface area contributed by atoms with Gasteiger partial charge in [0, 0.05) is 0 Å². The number of rotatable bonds is 0. The summed E-state index contributed by atoms with van der Waals surface area (Å²) in [6.45, 7) is 2.50. The minimum absolute atomic E-state index is 0.290. The van der Waals surface area contributed by atoms with E-state index in [9.17, 15) is 0 Å². The lowest BCUT2D eigenvalue weighted by atomic mass is 10.4. The third kappa shape index (κ3) is 0.420. The van der Waals surface area contributed by atoms with Crippen LogP contribution in [0.3, 0.4) is 0 Å². The van der Waals surface area contributed by atoms with Gasteiger partial charge in [-0.05, 0) is 11.1 Å². The van der Waals surface area contributed by atoms with Gasteiger partial charge in [0.1, 0.15) is 0 Å². The molecule has 1 heteroatoms. The Hall–Kier alpha value is 0.217. The van der Waals surface area contributed by atoms with Gasteiger partial charge in [0.2, 0.25) is 0 Å². The van der Waals surface area contributed by atoms with Crippen molar-refractivity contribution in [2.24, 2.45) is 0 Å². The first kappa shape index (κ1) is 4.13. The number of fused-ring (bicyclic) bond motifs is 1. The Labute approximate surface area is 46.5 Å². The molecule has 0 aromatic carbocycles. The van der Waals surface area contributed by atoms with E-state index in [0.29, 0.717) is 8.80 Å². The smallest absolute Gasteiger partial charge is 0.0512 e. The molecule has 0 aromatic heterocycles. The lowest BCUT2D eigenvalue weighted by Gasteiger charge is -1.88. The molecule has 2 rings (SSSR count). The van der Waals surface area contributed by atoms with E-state index < -0.39 is 0 Å². The highest BCUT2D eigenvalue weighted by Gasteiger charge is 2.50. The SMILES string of the molecule is C[Si]1C2CCCC21. The van der Waals surface area contributed by atoms with Crippen LogP contribution in [-0.2, 0) is 0 Å². The Morgan fingerprint density at radius 1 is 1.29 bits per heavy atom. The molecule has 1 aliphatic carbocycles. The van der Waals surface area contributed by atoms with Gasteiger partial charge >= 0.3 is 0 Å². The fourth-order valence-electron chi connectivity index (χ4n) is 1.95. The molecule has 2 atom stereocenters. The summed E-state index contributed by atoms with van der Waals surface area (Å²) >= 11 is 0. The van der Waals surface area contributed by atoms with Crippen LogP contribution in [0, 0.1) is 0 Å². The number of hydrogen-bond donors (Lipinski definition) is 0. The largest absolute Gasteiger partial charge is 0.0707 e. The van der Waals surface area contributed by atoms with Crippen molar-refractivity contribution in [2.75, 3.05) is 0 Å². The van der Waals surface area contributed by atoms with Gasteiger partial charge in [-0.1, -0.05) is 25.8 Å². The van der Waals surface area contributed by atoms with Crippen LogP contribution in [0.5, 0.6) is 0 Å². The molecule has 0 bridgehead atoms. The van der Waals surface area contributed by atoms with Crippen LogP contribution in [0.1, 0.15) is 19.3 Å². The Morgan fingerprint density at radius 2 is 1.86 bits per heavy atom. The van der Waals surface area contributed by atoms with E-state index in [1.54, 1.807) is 19.3 Å². The van der Waals surface area contributed by atoms with Crippen molar-refractivity contribution < 1.29 is 0 Å². The van der Waals surface area contributed by atoms with Gasteiger partial charge in [-0.25, -0.2) is 0 Å². The van der Waals surface area contributed by atoms with E-state index in [1.807, 2.05) is 0 Å². The summed E-state index contributed by atoms with van der Waals surface area (Å²) in [6.07, 6.45) is 4.74. The molecular formula is C6H11Si. The zero-order valence-electron chi connectivity index (χ0n) is 4.78. The molecule has 2 aliphatic rings. The van der Waals surface area contributed by atoms with Crippen molar-refractivity contribution in [3.05, 3.63) is 0 Å². The third-order valence-electron chi connectivity index (χ3n) is 2.58. The van der Waals surface area contributed by atoms with E-state index in [0.717, 1.165) is 0 Å². The third-order valence-corrected chi connectivity index (χ3v) is 5.91. The van der Waals surface area contributed by atoms with Crippen LogP contribution < -0.4 is 0 Å². The predicted octanol–water partition coefficient (Wildman–Crippen LogP) is 2.05. The molecule has 1 radical (unpaired) electrons. The minimum atomic E-state index is 0.290. The van der Waals surface area contributed by atoms with Crippen molar-refractivity contribution >= 4 is 8.80 Å². The van der Waals surface area contributed by atoms with Crippen molar-refractivity contribution in [1.82, 2.24) is 0 Å². The number of hydrogen-bond acceptors (Lipinski definition) is 0. The predicted molar refractivity (Wildman–Crippen MR) is 33.0 cm³/mol. The summed E-state index contributed by atoms with van der Waals surface area (Å²) in [5.74, 6) is 0. The first-order valence-corrected chi connectivity index (χ1v) is 5.38. The van der Waals surface area contributed by atoms with E-state index in [4.69, 9.17) is 0 Å². The highest BCUT2D eigenvalue weighted by atomic mass is 28.3. The Bertz CT molecular complexity index is 80.2. The van der Waals surface area contributed by atoms with Crippen LogP contribution in [0.25, 0.3) is 0 Å². The summed E-state index contributed by atoms with van der Waals surface area (Å²) in [6, 6.07) is 0. The fourth-order valence-corrected chi connectivity index (χ4v) is 5.18. The average Bonchev–Trinajstić information content (AvgIpc) is 2.26. The standard InChI is InChI=1S/C6H11Si/c1-7-5-3-2-4-6(5)7/h5-6H,2-4H2,1H3. The lowest BCUT2D eigenvalue weighted by Crippen LogP contribution is -1.84. The van der Waals surface area contributed by atoms with Gasteiger partial charge in [-0.3, -0.25) is 0 Å². The van der Waals surface area contributed by atoms with E-state index in [1.165, 1.54) is 11.1 Å². The Morgan fingerprint density at radius 3 is 2.14 bits per heavy atom. The Balaban J connectivity index is 2.06. The molecule has 1 saturated heterocycles. The summed E-state index contributed by atoms with van der Waals surface area (Å²) in [7, 11) is 0.290. The van der Waals surface area contributed by atoms with Crippen LogP contribution in [0.4, 0.5) is 0 Å². The van der Waals surface area contributed by atoms with Gasteiger partial charge in [0.05, 0.1) is 8.80 Å². The highest BCUT2D eigenvalue weighted by molar-refractivity contribution is 6.73. The topological polar surface area (TPSA) is 0 Å². The van der Waals surface area contributed by atoms with Crippen LogP contribution in [0.15, 0.2) is 0 Å². The maximum absolute atomic E-state index is 2.50. The van der Waals surface area contributed by atoms with Crippen molar-refractivity contribution in [3.8, 4) is 0 Å². The average molecular weight is 111 g/mol. The molecular weight excluding hydrogens is 100 g/mol. The molecule has 1 aliphatic heterocycles. The molecule has 0 aromatic rings. The van der Waals surface area contributed by atoms with Gasteiger partial charge in [0.15, 0.2) is 0 Å². The molecule has 2 fully saturated rings. The molecule has 7 heavy (non-hydrogen) atoms. The normalized spacial score (nSPS) is 49.3. The molecule has 39 valence electrons. The second-order valence-electron chi connectivity index (χ2n) is 2.89. The molecule has 0 nitrogen and oxygen atoms in total. The zero-order valence-corrected chi connectivity index (χ0v) is 5.78. The summed E-state index contributed by atoms with van der Waals surface area (Å²) in [5.41, 5.74) is 2.56. The summed E-state index contributed by atoms with van der Waals surface area (Å²) < 4.78 is 0. The second kappa shape index (κ2) is 1.13. The second-order valence-corrected chi connectivity index (χ2v) is 5.86. The molecule has 0 N–H and O–H groups in total. The monoisotopic (exact) mass is 111 g/mol. The quantitative estimate of drug-likeness (QED) is 0.420. The van der Waals surface area contributed by atoms with Gasteiger partial charge in [0.25, 0.3) is 0 Å². The molecule has 0 spiro atoms. The van der Waals surface area contributed by atoms with E-state index >= 15 is 0 Å².